The summed E-state index contributed by atoms with van der Waals surface area (Å²) in [6.45, 7) is 0.523. The quantitative estimate of drug-likeness (QED) is 0.381. The summed E-state index contributed by atoms with van der Waals surface area (Å²) in [5.41, 5.74) is -0.689. The fraction of sp³-hybridized carbons (Fsp3) is 0.500. The van der Waals surface area contributed by atoms with Crippen LogP contribution in [-0.4, -0.2) is 58.0 Å². The van der Waals surface area contributed by atoms with Gasteiger partial charge in [0.1, 0.15) is 0 Å². The molecular formula is C16H21F3N4O3S. The molecule has 27 heavy (non-hydrogen) atoms. The van der Waals surface area contributed by atoms with Gasteiger partial charge in [0.05, 0.1) is 17.1 Å². The lowest BCUT2D eigenvalue weighted by molar-refractivity contribution is -0.137. The molecule has 0 radical (unpaired) electrons. The van der Waals surface area contributed by atoms with E-state index < -0.39 is 27.5 Å². The molecule has 150 valence electrons. The Kier molecular flexibility index (Phi) is 6.68. The molecule has 0 saturated carbocycles. The molecule has 0 bridgehead atoms. The smallest absolute Gasteiger partial charge is 0.355 e. The predicted molar refractivity (Wildman–Crippen MR) is 95.3 cm³/mol. The number of nitrogens with one attached hydrogen (secondary N) is 3. The topological polar surface area (TPSA) is 99.7 Å². The zero-order valence-electron chi connectivity index (χ0n) is 14.6. The van der Waals surface area contributed by atoms with Crippen molar-refractivity contribution in [2.24, 2.45) is 4.99 Å². The molecule has 1 aliphatic rings. The zero-order valence-corrected chi connectivity index (χ0v) is 15.5. The van der Waals surface area contributed by atoms with Crippen molar-refractivity contribution in [3.8, 4) is 0 Å². The standard InChI is InChI=1S/C16H21F3N4O3S/c1-20-15(23-13-6-9-27(25,26)10-13)22-8-7-21-14(24)11-2-4-12(5-3-11)16(17,18)19/h2-5,13H,6-10H2,1H3,(H,21,24)(H2,20,22,23). The van der Waals surface area contributed by atoms with Crippen molar-refractivity contribution in [2.45, 2.75) is 18.6 Å². The molecule has 1 amide bonds. The van der Waals surface area contributed by atoms with Crippen molar-refractivity contribution < 1.29 is 26.4 Å². The number of benzene rings is 1. The summed E-state index contributed by atoms with van der Waals surface area (Å²) in [5.74, 6) is 0.125. The largest absolute Gasteiger partial charge is 0.416 e. The molecule has 7 nitrogen and oxygen atoms in total. The number of nitrogens with zero attached hydrogens (tertiary/aromatic N) is 1. The lowest BCUT2D eigenvalue weighted by Crippen LogP contribution is -2.46. The molecule has 11 heteroatoms. The second-order valence-electron chi connectivity index (χ2n) is 6.07. The van der Waals surface area contributed by atoms with Gasteiger partial charge < -0.3 is 16.0 Å². The van der Waals surface area contributed by atoms with Gasteiger partial charge in [-0.25, -0.2) is 8.42 Å². The van der Waals surface area contributed by atoms with Gasteiger partial charge in [-0.1, -0.05) is 0 Å². The molecule has 0 spiro atoms. The monoisotopic (exact) mass is 406 g/mol. The first kappa shape index (κ1) is 21.0. The Bertz CT molecular complexity index is 792. The van der Waals surface area contributed by atoms with E-state index in [2.05, 4.69) is 20.9 Å². The fourth-order valence-corrected chi connectivity index (χ4v) is 4.24. The van der Waals surface area contributed by atoms with Gasteiger partial charge in [-0.2, -0.15) is 13.2 Å². The SMILES string of the molecule is CN=C(NCCNC(=O)c1ccc(C(F)(F)F)cc1)NC1CCS(=O)(=O)C1. The third-order valence-electron chi connectivity index (χ3n) is 3.97. The number of alkyl halides is 3. The van der Waals surface area contributed by atoms with Crippen molar-refractivity contribution in [3.63, 3.8) is 0 Å². The van der Waals surface area contributed by atoms with Crippen LogP contribution in [0.15, 0.2) is 29.3 Å². The van der Waals surface area contributed by atoms with E-state index in [0.717, 1.165) is 24.3 Å². The van der Waals surface area contributed by atoms with Gasteiger partial charge in [-0.15, -0.1) is 0 Å². The van der Waals surface area contributed by atoms with Gasteiger partial charge in [0, 0.05) is 31.7 Å². The van der Waals surface area contributed by atoms with E-state index in [1.807, 2.05) is 0 Å². The highest BCUT2D eigenvalue weighted by Crippen LogP contribution is 2.29. The third kappa shape index (κ3) is 6.42. The van der Waals surface area contributed by atoms with Crippen LogP contribution in [0.4, 0.5) is 13.2 Å². The second-order valence-corrected chi connectivity index (χ2v) is 8.30. The van der Waals surface area contributed by atoms with Crippen molar-refractivity contribution in [1.29, 1.82) is 0 Å². The number of hydrogen-bond acceptors (Lipinski definition) is 4. The summed E-state index contributed by atoms with van der Waals surface area (Å²) in [6, 6.07) is 3.74. The van der Waals surface area contributed by atoms with Crippen LogP contribution < -0.4 is 16.0 Å². The minimum atomic E-state index is -4.44. The number of carbonyl (C=O) groups excluding carboxylic acids is 1. The van der Waals surface area contributed by atoms with Crippen molar-refractivity contribution in [1.82, 2.24) is 16.0 Å². The van der Waals surface area contributed by atoms with Crippen LogP contribution in [0, 0.1) is 0 Å². The molecule has 1 atom stereocenters. The van der Waals surface area contributed by atoms with Crippen LogP contribution in [0.2, 0.25) is 0 Å². The normalized spacial score (nSPS) is 19.6. The summed E-state index contributed by atoms with van der Waals surface area (Å²) in [7, 11) is -1.46. The molecule has 1 aromatic rings. The Labute approximate surface area is 155 Å². The number of hydrogen-bond donors (Lipinski definition) is 3. The maximum atomic E-state index is 12.5. The van der Waals surface area contributed by atoms with Crippen molar-refractivity contribution in [2.75, 3.05) is 31.6 Å². The van der Waals surface area contributed by atoms with Crippen molar-refractivity contribution in [3.05, 3.63) is 35.4 Å². The van der Waals surface area contributed by atoms with E-state index in [4.69, 9.17) is 0 Å². The predicted octanol–water partition coefficient (Wildman–Crippen LogP) is 0.787. The number of rotatable bonds is 5. The first-order valence-electron chi connectivity index (χ1n) is 8.24. The number of amides is 1. The zero-order chi connectivity index (χ0) is 20.1. The van der Waals surface area contributed by atoms with Crippen LogP contribution in [0.1, 0.15) is 22.3 Å². The minimum absolute atomic E-state index is 0.0539. The Balaban J connectivity index is 1.74. The van der Waals surface area contributed by atoms with Crippen LogP contribution in [-0.2, 0) is 16.0 Å². The van der Waals surface area contributed by atoms with Gasteiger partial charge in [0.15, 0.2) is 15.8 Å². The molecular weight excluding hydrogens is 385 g/mol. The molecule has 0 aliphatic carbocycles. The van der Waals surface area contributed by atoms with Gasteiger partial charge in [-0.3, -0.25) is 9.79 Å². The molecule has 1 aromatic carbocycles. The number of aliphatic imine (C=N–C) groups is 1. The third-order valence-corrected chi connectivity index (χ3v) is 5.74. The highest BCUT2D eigenvalue weighted by atomic mass is 32.2. The fourth-order valence-electron chi connectivity index (χ4n) is 2.57. The number of guanidine groups is 1. The lowest BCUT2D eigenvalue weighted by Gasteiger charge is -2.16. The molecule has 1 aliphatic heterocycles. The van der Waals surface area contributed by atoms with E-state index in [1.165, 1.54) is 0 Å². The Morgan fingerprint density at radius 2 is 1.81 bits per heavy atom. The maximum Gasteiger partial charge on any atom is 0.416 e. The van der Waals surface area contributed by atoms with E-state index in [-0.39, 0.29) is 29.7 Å². The summed E-state index contributed by atoms with van der Waals surface area (Å²) in [4.78, 5) is 15.9. The lowest BCUT2D eigenvalue weighted by atomic mass is 10.1. The Morgan fingerprint density at radius 3 is 2.33 bits per heavy atom. The second kappa shape index (κ2) is 8.59. The highest BCUT2D eigenvalue weighted by molar-refractivity contribution is 7.91. The molecule has 2 rings (SSSR count). The Hall–Kier alpha value is -2.30. The summed E-state index contributed by atoms with van der Waals surface area (Å²) in [5, 5.41) is 8.52. The first-order valence-corrected chi connectivity index (χ1v) is 10.1. The van der Waals surface area contributed by atoms with Crippen LogP contribution in [0.25, 0.3) is 0 Å². The van der Waals surface area contributed by atoms with Gasteiger partial charge in [-0.05, 0) is 30.7 Å². The molecule has 1 unspecified atom stereocenters. The van der Waals surface area contributed by atoms with Gasteiger partial charge >= 0.3 is 6.18 Å². The summed E-state index contributed by atoms with van der Waals surface area (Å²) in [6.07, 6.45) is -3.94. The molecule has 3 N–H and O–H groups in total. The van der Waals surface area contributed by atoms with Crippen LogP contribution in [0.5, 0.6) is 0 Å². The maximum absolute atomic E-state index is 12.5. The van der Waals surface area contributed by atoms with Crippen molar-refractivity contribution >= 4 is 21.7 Å². The summed E-state index contributed by atoms with van der Waals surface area (Å²) >= 11 is 0. The minimum Gasteiger partial charge on any atom is -0.355 e. The summed E-state index contributed by atoms with van der Waals surface area (Å²) < 4.78 is 60.4. The van der Waals surface area contributed by atoms with Crippen LogP contribution >= 0.6 is 0 Å². The van der Waals surface area contributed by atoms with Gasteiger partial charge in [0.2, 0.25) is 0 Å². The molecule has 0 aromatic heterocycles. The van der Waals surface area contributed by atoms with Crippen LogP contribution in [0.3, 0.4) is 0 Å². The van der Waals surface area contributed by atoms with Gasteiger partial charge in [0.25, 0.3) is 5.91 Å². The molecule has 1 fully saturated rings. The average Bonchev–Trinajstić information content (AvgIpc) is 2.95. The van der Waals surface area contributed by atoms with E-state index in [1.54, 1.807) is 7.05 Å². The van der Waals surface area contributed by atoms with E-state index in [9.17, 15) is 26.4 Å². The van der Waals surface area contributed by atoms with E-state index >= 15 is 0 Å². The van der Waals surface area contributed by atoms with E-state index in [0.29, 0.717) is 18.9 Å². The highest BCUT2D eigenvalue weighted by Gasteiger charge is 2.30. The average molecular weight is 406 g/mol. The number of halogens is 3. The Morgan fingerprint density at radius 1 is 1.19 bits per heavy atom. The number of carbonyl (C=O) groups is 1. The molecule has 1 heterocycles. The number of sulfone groups is 1. The first-order chi connectivity index (χ1) is 12.6. The molecule has 1 saturated heterocycles.